The summed E-state index contributed by atoms with van der Waals surface area (Å²) in [6.45, 7) is 3.52. The molecule has 0 aliphatic heterocycles. The van der Waals surface area contributed by atoms with Crippen LogP contribution in [0.2, 0.25) is 0 Å². The molecule has 0 saturated heterocycles. The molecule has 0 aliphatic carbocycles. The van der Waals surface area contributed by atoms with Gasteiger partial charge in [0.15, 0.2) is 6.10 Å². The normalized spacial score (nSPS) is 14.1. The van der Waals surface area contributed by atoms with Crippen LogP contribution in [0.15, 0.2) is 60.8 Å². The summed E-state index contributed by atoms with van der Waals surface area (Å²) in [5.41, 5.74) is 5.33. The summed E-state index contributed by atoms with van der Waals surface area (Å²) in [4.78, 5) is 34.7. The Hall–Kier alpha value is -2.29. The minimum absolute atomic E-state index is 0.0426. The maximum absolute atomic E-state index is 12.5. The van der Waals surface area contributed by atoms with Crippen LogP contribution in [0.3, 0.4) is 0 Å². The lowest BCUT2D eigenvalue weighted by molar-refractivity contribution is -0.161. The zero-order valence-corrected chi connectivity index (χ0v) is 32.3. The summed E-state index contributed by atoms with van der Waals surface area (Å²) < 4.78 is 32.6. The molecule has 50 heavy (non-hydrogen) atoms. The fraction of sp³-hybridized carbons (Fsp3) is 0.700. The molecule has 10 heteroatoms. The summed E-state index contributed by atoms with van der Waals surface area (Å²) in [5, 5.41) is 0. The second-order valence-electron chi connectivity index (χ2n) is 12.4. The van der Waals surface area contributed by atoms with E-state index in [1.807, 2.05) is 6.08 Å². The third-order valence-electron chi connectivity index (χ3n) is 7.67. The van der Waals surface area contributed by atoms with Crippen molar-refractivity contribution in [2.24, 2.45) is 5.73 Å². The summed E-state index contributed by atoms with van der Waals surface area (Å²) in [6.07, 6.45) is 41.1. The van der Waals surface area contributed by atoms with Gasteiger partial charge in [0.2, 0.25) is 0 Å². The van der Waals surface area contributed by atoms with E-state index in [0.717, 1.165) is 51.4 Å². The Labute approximate surface area is 304 Å². The van der Waals surface area contributed by atoms with E-state index in [1.54, 1.807) is 0 Å². The van der Waals surface area contributed by atoms with Gasteiger partial charge in [-0.25, -0.2) is 4.57 Å². The van der Waals surface area contributed by atoms with Crippen LogP contribution in [0.4, 0.5) is 0 Å². The SMILES string of the molecule is CC/C=C/C/C=C/C/C=C/C/C=C/C/C=C/CCCC(=O)O[C@H](COC(=O)CCCCCCCCCCCCCC)COP(=O)(O)OCCN. The van der Waals surface area contributed by atoms with Crippen molar-refractivity contribution >= 4 is 19.8 Å². The van der Waals surface area contributed by atoms with Crippen molar-refractivity contribution in [1.82, 2.24) is 0 Å². The third kappa shape index (κ3) is 35.5. The average molecular weight is 724 g/mol. The molecule has 0 aliphatic rings. The van der Waals surface area contributed by atoms with Crippen molar-refractivity contribution in [3.63, 3.8) is 0 Å². The van der Waals surface area contributed by atoms with Crippen LogP contribution in [0, 0.1) is 0 Å². The molecule has 2 atom stereocenters. The van der Waals surface area contributed by atoms with Crippen molar-refractivity contribution in [3.8, 4) is 0 Å². The van der Waals surface area contributed by atoms with Crippen molar-refractivity contribution in [2.75, 3.05) is 26.4 Å². The number of hydrogen-bond donors (Lipinski definition) is 2. The van der Waals surface area contributed by atoms with E-state index in [1.165, 1.54) is 57.8 Å². The third-order valence-corrected chi connectivity index (χ3v) is 8.65. The molecule has 0 heterocycles. The lowest BCUT2D eigenvalue weighted by Gasteiger charge is -2.19. The van der Waals surface area contributed by atoms with Crippen LogP contribution in [0.5, 0.6) is 0 Å². The molecule has 0 spiro atoms. The molecule has 9 nitrogen and oxygen atoms in total. The first kappa shape index (κ1) is 47.7. The van der Waals surface area contributed by atoms with Gasteiger partial charge in [-0.2, -0.15) is 0 Å². The molecule has 0 radical (unpaired) electrons. The van der Waals surface area contributed by atoms with Crippen LogP contribution < -0.4 is 5.73 Å². The van der Waals surface area contributed by atoms with Crippen molar-refractivity contribution in [3.05, 3.63) is 60.8 Å². The Kier molecular flexibility index (Phi) is 34.8. The Morgan fingerprint density at radius 1 is 0.620 bits per heavy atom. The van der Waals surface area contributed by atoms with E-state index in [0.29, 0.717) is 12.8 Å². The second kappa shape index (κ2) is 36.5. The number of unbranched alkanes of at least 4 members (excludes halogenated alkanes) is 12. The Morgan fingerprint density at radius 3 is 1.62 bits per heavy atom. The summed E-state index contributed by atoms with van der Waals surface area (Å²) >= 11 is 0. The minimum Gasteiger partial charge on any atom is -0.462 e. The number of carbonyl (C=O) groups is 2. The van der Waals surface area contributed by atoms with Gasteiger partial charge >= 0.3 is 19.8 Å². The smallest absolute Gasteiger partial charge is 0.462 e. The van der Waals surface area contributed by atoms with E-state index in [9.17, 15) is 19.0 Å². The van der Waals surface area contributed by atoms with E-state index < -0.39 is 32.5 Å². The number of hydrogen-bond acceptors (Lipinski definition) is 8. The second-order valence-corrected chi connectivity index (χ2v) is 13.9. The largest absolute Gasteiger partial charge is 0.472 e. The maximum atomic E-state index is 12.5. The van der Waals surface area contributed by atoms with Crippen LogP contribution in [0.25, 0.3) is 0 Å². The summed E-state index contributed by atoms with van der Waals surface area (Å²) in [6, 6.07) is 0. The number of ether oxygens (including phenoxy) is 2. The van der Waals surface area contributed by atoms with Gasteiger partial charge in [-0.05, 0) is 51.4 Å². The average Bonchev–Trinajstić information content (AvgIpc) is 3.10. The number of rotatable bonds is 35. The topological polar surface area (TPSA) is 134 Å². The van der Waals surface area contributed by atoms with Gasteiger partial charge in [0.05, 0.1) is 13.2 Å². The fourth-order valence-electron chi connectivity index (χ4n) is 4.84. The van der Waals surface area contributed by atoms with Crippen LogP contribution >= 0.6 is 7.82 Å². The van der Waals surface area contributed by atoms with Crippen LogP contribution in [0.1, 0.15) is 149 Å². The minimum atomic E-state index is -4.39. The van der Waals surface area contributed by atoms with Gasteiger partial charge in [0, 0.05) is 19.4 Å². The first-order chi connectivity index (χ1) is 24.3. The highest BCUT2D eigenvalue weighted by Gasteiger charge is 2.25. The quantitative estimate of drug-likeness (QED) is 0.0283. The molecule has 3 N–H and O–H groups in total. The van der Waals surface area contributed by atoms with Crippen LogP contribution in [-0.4, -0.2) is 49.3 Å². The number of carbonyl (C=O) groups excluding carboxylic acids is 2. The van der Waals surface area contributed by atoms with E-state index in [-0.39, 0.29) is 32.6 Å². The van der Waals surface area contributed by atoms with Crippen molar-refractivity contribution in [1.29, 1.82) is 0 Å². The zero-order valence-electron chi connectivity index (χ0n) is 31.4. The number of phosphoric ester groups is 1. The highest BCUT2D eigenvalue weighted by molar-refractivity contribution is 7.47. The molecular weight excluding hydrogens is 653 g/mol. The van der Waals surface area contributed by atoms with Gasteiger partial charge in [-0.3, -0.25) is 18.6 Å². The Bertz CT molecular complexity index is 1010. The number of phosphoric acid groups is 1. The van der Waals surface area contributed by atoms with Gasteiger partial charge in [0.25, 0.3) is 0 Å². The zero-order chi connectivity index (χ0) is 36.8. The van der Waals surface area contributed by atoms with Gasteiger partial charge in [-0.15, -0.1) is 0 Å². The lowest BCUT2D eigenvalue weighted by Crippen LogP contribution is -2.29. The number of nitrogens with two attached hydrogens (primary N) is 1. The predicted molar refractivity (Wildman–Crippen MR) is 206 cm³/mol. The number of allylic oxidation sites excluding steroid dienone is 10. The molecule has 0 amide bonds. The molecule has 0 aromatic heterocycles. The highest BCUT2D eigenvalue weighted by atomic mass is 31.2. The number of esters is 2. The maximum Gasteiger partial charge on any atom is 0.472 e. The first-order valence-electron chi connectivity index (χ1n) is 19.3. The highest BCUT2D eigenvalue weighted by Crippen LogP contribution is 2.43. The van der Waals surface area contributed by atoms with Crippen molar-refractivity contribution < 1.29 is 37.6 Å². The standard InChI is InChI=1S/C40H70NO8P/c1-3-5-7-9-11-13-15-17-18-19-20-21-23-25-27-29-31-33-40(43)49-38(37-48-50(44,45)47-35-34-41)36-46-39(42)32-30-28-26-24-22-16-14-12-10-8-6-4-2/h5,7,11,13,17-18,20-21,25,27,38H,3-4,6,8-10,12,14-16,19,22-24,26,28-37,41H2,1-2H3,(H,44,45)/b7-5+,13-11+,18-17+,21-20+,27-25+/t38-/m1/s1. The predicted octanol–water partition coefficient (Wildman–Crippen LogP) is 10.5. The van der Waals surface area contributed by atoms with E-state index >= 15 is 0 Å². The molecule has 288 valence electrons. The molecule has 1 unspecified atom stereocenters. The molecule has 0 aromatic carbocycles. The van der Waals surface area contributed by atoms with Gasteiger partial charge < -0.3 is 20.1 Å². The van der Waals surface area contributed by atoms with E-state index in [4.69, 9.17) is 24.3 Å². The Morgan fingerprint density at radius 2 is 1.10 bits per heavy atom. The van der Waals surface area contributed by atoms with Crippen molar-refractivity contribution in [2.45, 2.75) is 155 Å². The molecular formula is C40H70NO8P. The van der Waals surface area contributed by atoms with E-state index in [2.05, 4.69) is 68.5 Å². The molecule has 0 saturated carbocycles. The lowest BCUT2D eigenvalue weighted by atomic mass is 10.0. The molecule has 0 bridgehead atoms. The molecule has 0 aromatic rings. The first-order valence-corrected chi connectivity index (χ1v) is 20.8. The monoisotopic (exact) mass is 723 g/mol. The summed E-state index contributed by atoms with van der Waals surface area (Å²) in [5.74, 6) is -0.901. The molecule has 0 fully saturated rings. The van der Waals surface area contributed by atoms with Crippen LogP contribution in [-0.2, 0) is 32.7 Å². The molecule has 0 rings (SSSR count). The van der Waals surface area contributed by atoms with Gasteiger partial charge in [-0.1, -0.05) is 145 Å². The fourth-order valence-corrected chi connectivity index (χ4v) is 5.61. The Balaban J connectivity index is 4.34. The summed E-state index contributed by atoms with van der Waals surface area (Å²) in [7, 11) is -4.39. The van der Waals surface area contributed by atoms with Gasteiger partial charge in [0.1, 0.15) is 6.61 Å².